The van der Waals surface area contributed by atoms with Crippen molar-refractivity contribution >= 4 is 5.82 Å². The Morgan fingerprint density at radius 3 is 2.92 bits per heavy atom. The summed E-state index contributed by atoms with van der Waals surface area (Å²) in [5.41, 5.74) is 5.51. The van der Waals surface area contributed by atoms with E-state index in [1.54, 1.807) is 13.0 Å². The summed E-state index contributed by atoms with van der Waals surface area (Å²) in [6, 6.07) is 1.61. The van der Waals surface area contributed by atoms with Gasteiger partial charge in [0.15, 0.2) is 0 Å². The van der Waals surface area contributed by atoms with Crippen LogP contribution in [0.3, 0.4) is 0 Å². The number of aryl methyl sites for hydroxylation is 1. The van der Waals surface area contributed by atoms with Gasteiger partial charge in [0, 0.05) is 6.07 Å². The van der Waals surface area contributed by atoms with Crippen LogP contribution < -0.4 is 10.5 Å². The maximum atomic E-state index is 5.51. The molecule has 13 heavy (non-hydrogen) atoms. The fraction of sp³-hybridized carbons (Fsp3) is 0.333. The van der Waals surface area contributed by atoms with Crippen LogP contribution in [0.15, 0.2) is 18.2 Å². The SMILES string of the molecule is C/C=C/COc1cc(N)nc(C)n1. The number of aromatic nitrogens is 2. The second kappa shape index (κ2) is 4.45. The molecule has 0 aliphatic heterocycles. The van der Waals surface area contributed by atoms with Crippen molar-refractivity contribution in [2.75, 3.05) is 12.3 Å². The van der Waals surface area contributed by atoms with Gasteiger partial charge in [-0.1, -0.05) is 12.2 Å². The molecule has 4 nitrogen and oxygen atoms in total. The highest BCUT2D eigenvalue weighted by atomic mass is 16.5. The summed E-state index contributed by atoms with van der Waals surface area (Å²) in [5, 5.41) is 0. The Hall–Kier alpha value is -1.58. The lowest BCUT2D eigenvalue weighted by Gasteiger charge is -2.03. The van der Waals surface area contributed by atoms with E-state index in [9.17, 15) is 0 Å². The number of nitrogen functional groups attached to an aromatic ring is 1. The van der Waals surface area contributed by atoms with Crippen molar-refractivity contribution in [3.8, 4) is 5.88 Å². The van der Waals surface area contributed by atoms with E-state index in [4.69, 9.17) is 10.5 Å². The van der Waals surface area contributed by atoms with Crippen LogP contribution >= 0.6 is 0 Å². The highest BCUT2D eigenvalue weighted by Crippen LogP contribution is 2.09. The van der Waals surface area contributed by atoms with Crippen LogP contribution in [0.5, 0.6) is 5.88 Å². The van der Waals surface area contributed by atoms with E-state index in [0.29, 0.717) is 24.1 Å². The highest BCUT2D eigenvalue weighted by Gasteiger charge is 1.98. The van der Waals surface area contributed by atoms with Crippen LogP contribution in [0.4, 0.5) is 5.82 Å². The van der Waals surface area contributed by atoms with Gasteiger partial charge in [0.2, 0.25) is 5.88 Å². The third kappa shape index (κ3) is 3.11. The number of ether oxygens (including phenoxy) is 1. The Labute approximate surface area is 77.5 Å². The van der Waals surface area contributed by atoms with Crippen LogP contribution in [0.1, 0.15) is 12.7 Å². The van der Waals surface area contributed by atoms with Crippen molar-refractivity contribution in [3.05, 3.63) is 24.0 Å². The maximum absolute atomic E-state index is 5.51. The predicted octanol–water partition coefficient (Wildman–Crippen LogP) is 1.32. The molecule has 0 saturated carbocycles. The molecule has 0 aliphatic rings. The zero-order chi connectivity index (χ0) is 9.68. The number of anilines is 1. The van der Waals surface area contributed by atoms with Crippen molar-refractivity contribution < 1.29 is 4.74 Å². The lowest BCUT2D eigenvalue weighted by molar-refractivity contribution is 0.347. The molecule has 0 saturated heterocycles. The Morgan fingerprint density at radius 1 is 1.54 bits per heavy atom. The Morgan fingerprint density at radius 2 is 2.31 bits per heavy atom. The Bertz CT molecular complexity index is 289. The van der Waals surface area contributed by atoms with Gasteiger partial charge in [-0.15, -0.1) is 0 Å². The number of nitrogens with two attached hydrogens (primary N) is 1. The van der Waals surface area contributed by atoms with E-state index in [0.717, 1.165) is 0 Å². The summed E-state index contributed by atoms with van der Waals surface area (Å²) < 4.78 is 5.29. The number of hydrogen-bond donors (Lipinski definition) is 1. The van der Waals surface area contributed by atoms with Gasteiger partial charge < -0.3 is 10.5 Å². The monoisotopic (exact) mass is 179 g/mol. The number of allylic oxidation sites excluding steroid dienone is 1. The second-order valence-electron chi connectivity index (χ2n) is 2.56. The fourth-order valence-electron chi connectivity index (χ4n) is 0.866. The Balaban J connectivity index is 2.66. The third-order valence-electron chi connectivity index (χ3n) is 1.40. The topological polar surface area (TPSA) is 61.0 Å². The van der Waals surface area contributed by atoms with Gasteiger partial charge >= 0.3 is 0 Å². The van der Waals surface area contributed by atoms with E-state index < -0.39 is 0 Å². The van der Waals surface area contributed by atoms with Crippen molar-refractivity contribution in [3.63, 3.8) is 0 Å². The van der Waals surface area contributed by atoms with E-state index >= 15 is 0 Å². The molecule has 0 amide bonds. The summed E-state index contributed by atoms with van der Waals surface area (Å²) in [6.45, 7) is 4.22. The summed E-state index contributed by atoms with van der Waals surface area (Å²) in [6.07, 6.45) is 3.81. The zero-order valence-corrected chi connectivity index (χ0v) is 7.82. The molecule has 0 fully saturated rings. The molecule has 0 atom stereocenters. The van der Waals surface area contributed by atoms with Gasteiger partial charge in [0.1, 0.15) is 18.2 Å². The molecule has 0 spiro atoms. The van der Waals surface area contributed by atoms with Gasteiger partial charge in [-0.3, -0.25) is 0 Å². The molecule has 1 aromatic rings. The smallest absolute Gasteiger partial charge is 0.219 e. The Kier molecular flexibility index (Phi) is 3.25. The van der Waals surface area contributed by atoms with Crippen molar-refractivity contribution in [1.29, 1.82) is 0 Å². The lowest BCUT2D eigenvalue weighted by Crippen LogP contribution is -2.01. The van der Waals surface area contributed by atoms with E-state index in [1.165, 1.54) is 0 Å². The van der Waals surface area contributed by atoms with E-state index in [1.807, 2.05) is 19.1 Å². The van der Waals surface area contributed by atoms with Gasteiger partial charge in [-0.25, -0.2) is 4.98 Å². The highest BCUT2D eigenvalue weighted by molar-refractivity contribution is 5.32. The molecule has 70 valence electrons. The molecule has 1 heterocycles. The van der Waals surface area contributed by atoms with Gasteiger partial charge in [-0.05, 0) is 13.8 Å². The summed E-state index contributed by atoms with van der Waals surface area (Å²) in [4.78, 5) is 7.99. The van der Waals surface area contributed by atoms with Gasteiger partial charge in [0.05, 0.1) is 0 Å². The first-order valence-electron chi connectivity index (χ1n) is 4.07. The second-order valence-corrected chi connectivity index (χ2v) is 2.56. The number of nitrogens with zero attached hydrogens (tertiary/aromatic N) is 2. The first-order valence-corrected chi connectivity index (χ1v) is 4.07. The molecule has 2 N–H and O–H groups in total. The summed E-state index contributed by atoms with van der Waals surface area (Å²) in [7, 11) is 0. The molecule has 4 heteroatoms. The first kappa shape index (κ1) is 9.51. The molecule has 1 aromatic heterocycles. The minimum atomic E-state index is 0.433. The molecule has 0 aromatic carbocycles. The summed E-state index contributed by atoms with van der Waals surface area (Å²) >= 11 is 0. The van der Waals surface area contributed by atoms with Crippen LogP contribution in [0.25, 0.3) is 0 Å². The lowest BCUT2D eigenvalue weighted by atomic mass is 10.5. The molecular formula is C9H13N3O. The molecule has 0 aliphatic carbocycles. The zero-order valence-electron chi connectivity index (χ0n) is 7.82. The van der Waals surface area contributed by atoms with Gasteiger partial charge in [-0.2, -0.15) is 4.98 Å². The first-order chi connectivity index (χ1) is 6.22. The standard InChI is InChI=1S/C9H13N3O/c1-3-4-5-13-9-6-8(10)11-7(2)12-9/h3-4,6H,5H2,1-2H3,(H2,10,11,12)/b4-3+. The quantitative estimate of drug-likeness (QED) is 0.711. The maximum Gasteiger partial charge on any atom is 0.219 e. The molecule has 0 unspecified atom stereocenters. The van der Waals surface area contributed by atoms with Crippen LogP contribution in [0, 0.1) is 6.92 Å². The third-order valence-corrected chi connectivity index (χ3v) is 1.40. The van der Waals surface area contributed by atoms with Crippen LogP contribution in [-0.4, -0.2) is 16.6 Å². The molecule has 1 rings (SSSR count). The van der Waals surface area contributed by atoms with Crippen molar-refractivity contribution in [2.24, 2.45) is 0 Å². The minimum absolute atomic E-state index is 0.433. The molecule has 0 bridgehead atoms. The number of rotatable bonds is 3. The van der Waals surface area contributed by atoms with Crippen LogP contribution in [0.2, 0.25) is 0 Å². The normalized spacial score (nSPS) is 10.6. The van der Waals surface area contributed by atoms with Crippen molar-refractivity contribution in [2.45, 2.75) is 13.8 Å². The average molecular weight is 179 g/mol. The predicted molar refractivity (Wildman–Crippen MR) is 51.5 cm³/mol. The fourth-order valence-corrected chi connectivity index (χ4v) is 0.866. The average Bonchev–Trinajstić information content (AvgIpc) is 2.03. The molecular weight excluding hydrogens is 166 g/mol. The van der Waals surface area contributed by atoms with Crippen LogP contribution in [-0.2, 0) is 0 Å². The molecule has 0 radical (unpaired) electrons. The largest absolute Gasteiger partial charge is 0.473 e. The van der Waals surface area contributed by atoms with Gasteiger partial charge in [0.25, 0.3) is 0 Å². The number of hydrogen-bond acceptors (Lipinski definition) is 4. The van der Waals surface area contributed by atoms with Crippen molar-refractivity contribution in [1.82, 2.24) is 9.97 Å². The van der Waals surface area contributed by atoms with E-state index in [-0.39, 0.29) is 0 Å². The van der Waals surface area contributed by atoms with E-state index in [2.05, 4.69) is 9.97 Å². The summed E-state index contributed by atoms with van der Waals surface area (Å²) in [5.74, 6) is 1.57. The minimum Gasteiger partial charge on any atom is -0.473 e.